The number of benzene rings is 2. The number of anilines is 1. The Balaban J connectivity index is 1.67. The zero-order chi connectivity index (χ0) is 18.4. The first-order valence-corrected chi connectivity index (χ1v) is 9.11. The second kappa shape index (κ2) is 8.63. The summed E-state index contributed by atoms with van der Waals surface area (Å²) < 4.78 is 0. The number of nitrogens with one attached hydrogen (secondary N) is 2. The number of rotatable bonds is 6. The van der Waals surface area contributed by atoms with Gasteiger partial charge in [0.25, 0.3) is 5.91 Å². The minimum absolute atomic E-state index is 0.0405. The van der Waals surface area contributed by atoms with Gasteiger partial charge in [-0.1, -0.05) is 48.9 Å². The average Bonchev–Trinajstić information content (AvgIpc) is 3.16. The van der Waals surface area contributed by atoms with Crippen molar-refractivity contribution >= 4 is 17.5 Å². The molecular weight excluding hydrogens is 326 g/mol. The number of carbonyl (C=O) groups is 2. The maximum Gasteiger partial charge on any atom is 0.253 e. The normalized spacial score (nSPS) is 19.1. The van der Waals surface area contributed by atoms with Gasteiger partial charge in [-0.2, -0.15) is 0 Å². The molecule has 0 aliphatic heterocycles. The predicted octanol–water partition coefficient (Wildman–Crippen LogP) is 2.93. The van der Waals surface area contributed by atoms with Crippen molar-refractivity contribution in [2.45, 2.75) is 25.8 Å². The SMILES string of the molecule is NC[C@H]1CCC[C@H]1C(=O)Nc1ccccc1C(=O)NCc1ccccc1. The number of carbonyl (C=O) groups excluding carboxylic acids is 2. The van der Waals surface area contributed by atoms with Crippen molar-refractivity contribution < 1.29 is 9.59 Å². The quantitative estimate of drug-likeness (QED) is 0.748. The highest BCUT2D eigenvalue weighted by Crippen LogP contribution is 2.32. The molecule has 2 amide bonds. The molecule has 0 saturated heterocycles. The molecule has 26 heavy (non-hydrogen) atoms. The maximum absolute atomic E-state index is 12.6. The number of para-hydroxylation sites is 1. The topological polar surface area (TPSA) is 84.2 Å². The molecule has 136 valence electrons. The lowest BCUT2D eigenvalue weighted by Crippen LogP contribution is -2.31. The van der Waals surface area contributed by atoms with Crippen LogP contribution in [-0.4, -0.2) is 18.4 Å². The van der Waals surface area contributed by atoms with Crippen LogP contribution in [0, 0.1) is 11.8 Å². The van der Waals surface area contributed by atoms with Gasteiger partial charge in [0.15, 0.2) is 0 Å². The molecule has 1 fully saturated rings. The zero-order valence-electron chi connectivity index (χ0n) is 14.8. The smallest absolute Gasteiger partial charge is 0.253 e. The molecule has 2 atom stereocenters. The van der Waals surface area contributed by atoms with E-state index < -0.39 is 0 Å². The van der Waals surface area contributed by atoms with E-state index in [2.05, 4.69) is 10.6 Å². The summed E-state index contributed by atoms with van der Waals surface area (Å²) in [6, 6.07) is 16.8. The highest BCUT2D eigenvalue weighted by molar-refractivity contribution is 6.04. The molecule has 0 unspecified atom stereocenters. The van der Waals surface area contributed by atoms with Gasteiger partial charge in [0.1, 0.15) is 0 Å². The lowest BCUT2D eigenvalue weighted by molar-refractivity contribution is -0.120. The third-order valence-electron chi connectivity index (χ3n) is 5.02. The molecule has 1 saturated carbocycles. The molecule has 5 nitrogen and oxygen atoms in total. The number of hydrogen-bond acceptors (Lipinski definition) is 3. The van der Waals surface area contributed by atoms with E-state index in [1.807, 2.05) is 36.4 Å². The Kier molecular flexibility index (Phi) is 6.02. The van der Waals surface area contributed by atoms with Crippen molar-refractivity contribution in [3.63, 3.8) is 0 Å². The molecule has 4 N–H and O–H groups in total. The second-order valence-electron chi connectivity index (χ2n) is 6.74. The molecule has 5 heteroatoms. The molecule has 1 aliphatic rings. The Bertz CT molecular complexity index is 761. The van der Waals surface area contributed by atoms with Crippen LogP contribution in [0.2, 0.25) is 0 Å². The van der Waals surface area contributed by atoms with Gasteiger partial charge in [-0.15, -0.1) is 0 Å². The van der Waals surface area contributed by atoms with E-state index >= 15 is 0 Å². The Labute approximate surface area is 154 Å². The molecule has 2 aromatic carbocycles. The summed E-state index contributed by atoms with van der Waals surface area (Å²) in [5, 5.41) is 5.85. The summed E-state index contributed by atoms with van der Waals surface area (Å²) in [4.78, 5) is 25.2. The number of nitrogens with two attached hydrogens (primary N) is 1. The molecule has 3 rings (SSSR count). The Morgan fingerprint density at radius 1 is 1.00 bits per heavy atom. The van der Waals surface area contributed by atoms with Crippen LogP contribution >= 0.6 is 0 Å². The van der Waals surface area contributed by atoms with E-state index in [0.717, 1.165) is 24.8 Å². The van der Waals surface area contributed by atoms with Crippen LogP contribution in [0.3, 0.4) is 0 Å². The van der Waals surface area contributed by atoms with Gasteiger partial charge < -0.3 is 16.4 Å². The third-order valence-corrected chi connectivity index (χ3v) is 5.02. The summed E-state index contributed by atoms with van der Waals surface area (Å²) in [7, 11) is 0. The second-order valence-corrected chi connectivity index (χ2v) is 6.74. The summed E-state index contributed by atoms with van der Waals surface area (Å²) in [6.07, 6.45) is 2.88. The maximum atomic E-state index is 12.6. The molecule has 2 aromatic rings. The monoisotopic (exact) mass is 351 g/mol. The molecule has 0 radical (unpaired) electrons. The molecule has 1 aliphatic carbocycles. The fourth-order valence-electron chi connectivity index (χ4n) is 3.55. The molecule has 0 bridgehead atoms. The third kappa shape index (κ3) is 4.29. The lowest BCUT2D eigenvalue weighted by Gasteiger charge is -2.18. The van der Waals surface area contributed by atoms with Crippen LogP contribution < -0.4 is 16.4 Å². The van der Waals surface area contributed by atoms with E-state index in [4.69, 9.17) is 5.73 Å². The summed E-state index contributed by atoms with van der Waals surface area (Å²) in [5.74, 6) is -0.0812. The van der Waals surface area contributed by atoms with Gasteiger partial charge in [-0.05, 0) is 43.0 Å². The number of amides is 2. The van der Waals surface area contributed by atoms with Crippen LogP contribution in [0.5, 0.6) is 0 Å². The van der Waals surface area contributed by atoms with E-state index in [0.29, 0.717) is 24.3 Å². The standard InChI is InChI=1S/C21H25N3O2/c22-13-16-9-6-11-17(16)21(26)24-19-12-5-4-10-18(19)20(25)23-14-15-7-2-1-3-8-15/h1-5,7-8,10,12,16-17H,6,9,11,13-14,22H2,(H,23,25)(H,24,26)/t16-,17-/m1/s1. The first-order valence-electron chi connectivity index (χ1n) is 9.11. The van der Waals surface area contributed by atoms with E-state index in [9.17, 15) is 9.59 Å². The Morgan fingerprint density at radius 3 is 2.50 bits per heavy atom. The van der Waals surface area contributed by atoms with Gasteiger partial charge in [-0.25, -0.2) is 0 Å². The summed E-state index contributed by atoms with van der Waals surface area (Å²) in [6.45, 7) is 0.969. The van der Waals surface area contributed by atoms with Gasteiger partial charge in [0.2, 0.25) is 5.91 Å². The first kappa shape index (κ1) is 18.1. The Hall–Kier alpha value is -2.66. The van der Waals surface area contributed by atoms with Gasteiger partial charge in [-0.3, -0.25) is 9.59 Å². The van der Waals surface area contributed by atoms with Crippen molar-refractivity contribution in [1.29, 1.82) is 0 Å². The van der Waals surface area contributed by atoms with Crippen LogP contribution in [-0.2, 0) is 11.3 Å². The van der Waals surface area contributed by atoms with Crippen molar-refractivity contribution in [2.24, 2.45) is 17.6 Å². The first-order chi connectivity index (χ1) is 12.7. The highest BCUT2D eigenvalue weighted by atomic mass is 16.2. The summed E-state index contributed by atoms with van der Waals surface area (Å²) >= 11 is 0. The van der Waals surface area contributed by atoms with Crippen LogP contribution in [0.1, 0.15) is 35.2 Å². The minimum atomic E-state index is -0.202. The molecule has 0 heterocycles. The van der Waals surface area contributed by atoms with Crippen molar-refractivity contribution in [3.8, 4) is 0 Å². The molecule has 0 aromatic heterocycles. The predicted molar refractivity (Wildman–Crippen MR) is 103 cm³/mol. The van der Waals surface area contributed by atoms with E-state index in [-0.39, 0.29) is 23.7 Å². The molecular formula is C21H25N3O2. The Morgan fingerprint density at radius 2 is 1.73 bits per heavy atom. The van der Waals surface area contributed by atoms with E-state index in [1.54, 1.807) is 18.2 Å². The number of hydrogen-bond donors (Lipinski definition) is 3. The lowest BCUT2D eigenvalue weighted by atomic mass is 9.95. The van der Waals surface area contributed by atoms with Gasteiger partial charge >= 0.3 is 0 Å². The van der Waals surface area contributed by atoms with Crippen molar-refractivity contribution in [1.82, 2.24) is 5.32 Å². The van der Waals surface area contributed by atoms with Crippen molar-refractivity contribution in [2.75, 3.05) is 11.9 Å². The van der Waals surface area contributed by atoms with Crippen LogP contribution in [0.4, 0.5) is 5.69 Å². The van der Waals surface area contributed by atoms with Gasteiger partial charge in [0.05, 0.1) is 11.3 Å². The summed E-state index contributed by atoms with van der Waals surface area (Å²) in [5.41, 5.74) is 7.83. The minimum Gasteiger partial charge on any atom is -0.348 e. The fraction of sp³-hybridized carbons (Fsp3) is 0.333. The fourth-order valence-corrected chi connectivity index (χ4v) is 3.55. The van der Waals surface area contributed by atoms with Gasteiger partial charge in [0, 0.05) is 12.5 Å². The largest absolute Gasteiger partial charge is 0.348 e. The van der Waals surface area contributed by atoms with Crippen LogP contribution in [0.15, 0.2) is 54.6 Å². The van der Waals surface area contributed by atoms with Crippen LogP contribution in [0.25, 0.3) is 0 Å². The average molecular weight is 351 g/mol. The highest BCUT2D eigenvalue weighted by Gasteiger charge is 2.32. The molecule has 0 spiro atoms. The van der Waals surface area contributed by atoms with E-state index in [1.165, 1.54) is 0 Å². The zero-order valence-corrected chi connectivity index (χ0v) is 14.8. The van der Waals surface area contributed by atoms with Crippen molar-refractivity contribution in [3.05, 3.63) is 65.7 Å².